The van der Waals surface area contributed by atoms with Gasteiger partial charge in [0.15, 0.2) is 0 Å². The van der Waals surface area contributed by atoms with Crippen molar-refractivity contribution in [3.63, 3.8) is 0 Å². The maximum Gasteiger partial charge on any atom is 0.130 e. The molecule has 0 radical (unpaired) electrons. The standard InChI is InChI=1S/C24H23NO2S/c1-18-9-7-14-23(15-18)28-24(25-20-10-5-4-6-11-20)19(2)17-27-22-13-8-12-21(16-22)26-3/h4-17H,1-3H3/b19-17+,25-24?. The lowest BCUT2D eigenvalue weighted by Crippen LogP contribution is -1.97. The zero-order chi connectivity index (χ0) is 19.8. The monoisotopic (exact) mass is 389 g/mol. The minimum absolute atomic E-state index is 0.721. The van der Waals surface area contributed by atoms with Gasteiger partial charge in [-0.1, -0.05) is 53.7 Å². The van der Waals surface area contributed by atoms with E-state index < -0.39 is 0 Å². The number of hydrogen-bond acceptors (Lipinski definition) is 4. The van der Waals surface area contributed by atoms with Gasteiger partial charge in [0.25, 0.3) is 0 Å². The van der Waals surface area contributed by atoms with Crippen molar-refractivity contribution in [2.24, 2.45) is 4.99 Å². The van der Waals surface area contributed by atoms with E-state index in [-0.39, 0.29) is 0 Å². The molecule has 0 aliphatic rings. The molecule has 0 fully saturated rings. The smallest absolute Gasteiger partial charge is 0.130 e. The predicted octanol–water partition coefficient (Wildman–Crippen LogP) is 6.81. The second-order valence-electron chi connectivity index (χ2n) is 6.27. The summed E-state index contributed by atoms with van der Waals surface area (Å²) in [5.41, 5.74) is 3.07. The first-order valence-corrected chi connectivity index (χ1v) is 9.82. The molecule has 0 saturated heterocycles. The minimum Gasteiger partial charge on any atom is -0.497 e. The molecule has 0 aromatic heterocycles. The third-order valence-corrected chi connectivity index (χ3v) is 5.04. The van der Waals surface area contributed by atoms with Gasteiger partial charge in [-0.05, 0) is 50.2 Å². The highest BCUT2D eigenvalue weighted by atomic mass is 32.2. The lowest BCUT2D eigenvalue weighted by molar-refractivity contribution is 0.408. The molecule has 0 heterocycles. The Hall–Kier alpha value is -2.98. The fourth-order valence-corrected chi connectivity index (χ4v) is 3.46. The van der Waals surface area contributed by atoms with Crippen molar-refractivity contribution in [2.45, 2.75) is 18.7 Å². The van der Waals surface area contributed by atoms with Crippen molar-refractivity contribution in [2.75, 3.05) is 7.11 Å². The molecule has 0 saturated carbocycles. The summed E-state index contributed by atoms with van der Waals surface area (Å²) in [6, 6.07) is 25.9. The SMILES string of the molecule is COc1cccc(O/C=C(\C)C(=Nc2ccccc2)Sc2cccc(C)c2)c1. The van der Waals surface area contributed by atoms with Crippen molar-refractivity contribution in [3.8, 4) is 11.5 Å². The largest absolute Gasteiger partial charge is 0.497 e. The van der Waals surface area contributed by atoms with Crippen molar-refractivity contribution >= 4 is 22.5 Å². The molecule has 0 N–H and O–H groups in total. The maximum absolute atomic E-state index is 5.85. The van der Waals surface area contributed by atoms with Crippen LogP contribution in [-0.4, -0.2) is 12.2 Å². The molecule has 0 spiro atoms. The topological polar surface area (TPSA) is 30.8 Å². The molecule has 4 heteroatoms. The van der Waals surface area contributed by atoms with Gasteiger partial charge >= 0.3 is 0 Å². The van der Waals surface area contributed by atoms with Crippen LogP contribution in [0.2, 0.25) is 0 Å². The van der Waals surface area contributed by atoms with E-state index in [1.54, 1.807) is 25.1 Å². The van der Waals surface area contributed by atoms with Crippen LogP contribution < -0.4 is 9.47 Å². The second kappa shape index (κ2) is 9.81. The van der Waals surface area contributed by atoms with Crippen LogP contribution in [0.25, 0.3) is 0 Å². The Bertz CT molecular complexity index is 981. The Morgan fingerprint density at radius 1 is 0.893 bits per heavy atom. The minimum atomic E-state index is 0.721. The number of nitrogens with zero attached hydrogens (tertiary/aromatic N) is 1. The lowest BCUT2D eigenvalue weighted by atomic mass is 10.2. The zero-order valence-corrected chi connectivity index (χ0v) is 17.1. The van der Waals surface area contributed by atoms with Gasteiger partial charge in [0.2, 0.25) is 0 Å². The molecule has 0 amide bonds. The van der Waals surface area contributed by atoms with E-state index in [9.17, 15) is 0 Å². The van der Waals surface area contributed by atoms with Crippen LogP contribution in [-0.2, 0) is 0 Å². The van der Waals surface area contributed by atoms with E-state index in [1.807, 2.05) is 61.5 Å². The zero-order valence-electron chi connectivity index (χ0n) is 16.3. The number of aryl methyl sites for hydroxylation is 1. The van der Waals surface area contributed by atoms with Crippen LogP contribution >= 0.6 is 11.8 Å². The van der Waals surface area contributed by atoms with E-state index in [0.717, 1.165) is 32.7 Å². The van der Waals surface area contributed by atoms with Crippen molar-refractivity contribution in [3.05, 3.63) is 96.3 Å². The quantitative estimate of drug-likeness (QED) is 0.201. The second-order valence-corrected chi connectivity index (χ2v) is 7.33. The van der Waals surface area contributed by atoms with E-state index in [2.05, 4.69) is 31.2 Å². The van der Waals surface area contributed by atoms with Gasteiger partial charge in [-0.2, -0.15) is 0 Å². The Morgan fingerprint density at radius 3 is 2.39 bits per heavy atom. The highest BCUT2D eigenvalue weighted by molar-refractivity contribution is 8.14. The van der Waals surface area contributed by atoms with Crippen LogP contribution in [0.5, 0.6) is 11.5 Å². The third-order valence-electron chi connectivity index (χ3n) is 3.94. The number of hydrogen-bond donors (Lipinski definition) is 0. The van der Waals surface area contributed by atoms with Gasteiger partial charge in [0.1, 0.15) is 16.5 Å². The molecule has 0 unspecified atom stereocenters. The van der Waals surface area contributed by atoms with Crippen LogP contribution in [0.4, 0.5) is 5.69 Å². The van der Waals surface area contributed by atoms with Crippen LogP contribution in [0, 0.1) is 6.92 Å². The predicted molar refractivity (Wildman–Crippen MR) is 118 cm³/mol. The Balaban J connectivity index is 1.87. The fraction of sp³-hybridized carbons (Fsp3) is 0.125. The van der Waals surface area contributed by atoms with Gasteiger partial charge in [-0.25, -0.2) is 4.99 Å². The molecule has 28 heavy (non-hydrogen) atoms. The molecular formula is C24H23NO2S. The highest BCUT2D eigenvalue weighted by Gasteiger charge is 2.08. The summed E-state index contributed by atoms with van der Waals surface area (Å²) in [5.74, 6) is 1.48. The molecule has 142 valence electrons. The molecule has 0 atom stereocenters. The molecule has 3 nitrogen and oxygen atoms in total. The Kier molecular flexibility index (Phi) is 6.93. The maximum atomic E-state index is 5.85. The summed E-state index contributed by atoms with van der Waals surface area (Å²) >= 11 is 1.63. The number of ether oxygens (including phenoxy) is 2. The molecule has 0 aliphatic carbocycles. The van der Waals surface area contributed by atoms with E-state index >= 15 is 0 Å². The summed E-state index contributed by atoms with van der Waals surface area (Å²) < 4.78 is 11.1. The molecule has 0 aliphatic heterocycles. The first-order chi connectivity index (χ1) is 13.6. The molecule has 0 bridgehead atoms. The van der Waals surface area contributed by atoms with Crippen LogP contribution in [0.15, 0.2) is 101 Å². The number of thioether (sulfide) groups is 1. The lowest BCUT2D eigenvalue weighted by Gasteiger charge is -2.09. The molecule has 3 aromatic carbocycles. The molecule has 3 rings (SSSR count). The van der Waals surface area contributed by atoms with E-state index in [0.29, 0.717) is 0 Å². The van der Waals surface area contributed by atoms with Gasteiger partial charge in [-0.15, -0.1) is 0 Å². The van der Waals surface area contributed by atoms with Crippen molar-refractivity contribution in [1.82, 2.24) is 0 Å². The Morgan fingerprint density at radius 2 is 1.64 bits per heavy atom. The molecule has 3 aromatic rings. The summed E-state index contributed by atoms with van der Waals surface area (Å²) in [5, 5.41) is 0.889. The van der Waals surface area contributed by atoms with Crippen molar-refractivity contribution in [1.29, 1.82) is 0 Å². The first-order valence-electron chi connectivity index (χ1n) is 9.00. The number of aliphatic imine (C=N–C) groups is 1. The first kappa shape index (κ1) is 19.8. The summed E-state index contributed by atoms with van der Waals surface area (Å²) in [7, 11) is 1.64. The number of para-hydroxylation sites is 1. The summed E-state index contributed by atoms with van der Waals surface area (Å²) in [6.45, 7) is 4.09. The number of benzene rings is 3. The van der Waals surface area contributed by atoms with Gasteiger partial charge in [0, 0.05) is 16.5 Å². The summed E-state index contributed by atoms with van der Waals surface area (Å²) in [4.78, 5) is 5.98. The average Bonchev–Trinajstić information content (AvgIpc) is 2.72. The molecular weight excluding hydrogens is 366 g/mol. The summed E-state index contributed by atoms with van der Waals surface area (Å²) in [6.07, 6.45) is 1.74. The van der Waals surface area contributed by atoms with Gasteiger partial charge in [-0.3, -0.25) is 0 Å². The van der Waals surface area contributed by atoms with Crippen LogP contribution in [0.1, 0.15) is 12.5 Å². The average molecular weight is 390 g/mol. The van der Waals surface area contributed by atoms with Gasteiger partial charge < -0.3 is 9.47 Å². The van der Waals surface area contributed by atoms with E-state index in [1.165, 1.54) is 5.56 Å². The Labute approximate surface area is 170 Å². The van der Waals surface area contributed by atoms with Crippen LogP contribution in [0.3, 0.4) is 0 Å². The van der Waals surface area contributed by atoms with Crippen molar-refractivity contribution < 1.29 is 9.47 Å². The number of methoxy groups -OCH3 is 1. The third kappa shape index (κ3) is 5.76. The highest BCUT2D eigenvalue weighted by Crippen LogP contribution is 2.27. The normalized spacial score (nSPS) is 12.0. The van der Waals surface area contributed by atoms with Gasteiger partial charge in [0.05, 0.1) is 19.1 Å². The van der Waals surface area contributed by atoms with E-state index in [4.69, 9.17) is 14.5 Å². The fourth-order valence-electron chi connectivity index (χ4n) is 2.48. The number of rotatable bonds is 6.